The van der Waals surface area contributed by atoms with Crippen molar-refractivity contribution in [2.75, 3.05) is 26.9 Å². The normalized spacial score (nSPS) is 29.2. The number of ketones is 1. The van der Waals surface area contributed by atoms with Crippen molar-refractivity contribution in [3.05, 3.63) is 0 Å². The molecule has 0 aliphatic carbocycles. The Labute approximate surface area is 72.0 Å². The summed E-state index contributed by atoms with van der Waals surface area (Å²) in [5.41, 5.74) is 5.45. The molecule has 70 valence electrons. The quantitative estimate of drug-likeness (QED) is 0.634. The minimum absolute atomic E-state index is 0.0468. The van der Waals surface area contributed by atoms with E-state index < -0.39 is 5.54 Å². The third-order valence-corrected chi connectivity index (χ3v) is 1.99. The minimum atomic E-state index is -0.435. The zero-order chi connectivity index (χ0) is 9.03. The molecule has 1 aliphatic heterocycles. The lowest BCUT2D eigenvalue weighted by molar-refractivity contribution is -0.123. The standard InChI is InChI=1S/C8H15NO3/c1-11-5-7(10)4-8(9)2-3-12-6-8/h2-6,9H2,1H3. The molecular weight excluding hydrogens is 158 g/mol. The van der Waals surface area contributed by atoms with Crippen LogP contribution in [-0.2, 0) is 14.3 Å². The van der Waals surface area contributed by atoms with E-state index in [0.29, 0.717) is 19.6 Å². The number of hydrogen-bond donors (Lipinski definition) is 1. The summed E-state index contributed by atoms with van der Waals surface area (Å²) in [5, 5.41) is 0. The second kappa shape index (κ2) is 3.98. The maximum Gasteiger partial charge on any atom is 0.160 e. The van der Waals surface area contributed by atoms with Gasteiger partial charge >= 0.3 is 0 Å². The molecule has 12 heavy (non-hydrogen) atoms. The number of rotatable bonds is 4. The average Bonchev–Trinajstić information content (AvgIpc) is 2.36. The first-order chi connectivity index (χ1) is 5.66. The molecule has 4 heteroatoms. The lowest BCUT2D eigenvalue weighted by Crippen LogP contribution is -2.43. The molecule has 1 rings (SSSR count). The smallest absolute Gasteiger partial charge is 0.160 e. The molecule has 0 spiro atoms. The summed E-state index contributed by atoms with van der Waals surface area (Å²) >= 11 is 0. The Bertz CT molecular complexity index is 164. The number of methoxy groups -OCH3 is 1. The van der Waals surface area contributed by atoms with Crippen molar-refractivity contribution in [2.45, 2.75) is 18.4 Å². The third-order valence-electron chi connectivity index (χ3n) is 1.99. The third kappa shape index (κ3) is 2.55. The van der Waals surface area contributed by atoms with Gasteiger partial charge in [-0.15, -0.1) is 0 Å². The van der Waals surface area contributed by atoms with Crippen molar-refractivity contribution in [1.29, 1.82) is 0 Å². The number of carbonyl (C=O) groups is 1. The number of Topliss-reactive ketones (excluding diaryl/α,β-unsaturated/α-hetero) is 1. The average molecular weight is 173 g/mol. The van der Waals surface area contributed by atoms with Gasteiger partial charge in [-0.05, 0) is 6.42 Å². The fraction of sp³-hybridized carbons (Fsp3) is 0.875. The van der Waals surface area contributed by atoms with Gasteiger partial charge < -0.3 is 15.2 Å². The van der Waals surface area contributed by atoms with Gasteiger partial charge in [0.1, 0.15) is 6.61 Å². The molecule has 1 unspecified atom stereocenters. The highest BCUT2D eigenvalue weighted by molar-refractivity contribution is 5.80. The van der Waals surface area contributed by atoms with Crippen LogP contribution >= 0.6 is 0 Å². The highest BCUT2D eigenvalue weighted by atomic mass is 16.5. The molecule has 1 saturated heterocycles. The van der Waals surface area contributed by atoms with E-state index in [1.54, 1.807) is 0 Å². The molecule has 0 aromatic carbocycles. The summed E-state index contributed by atoms with van der Waals surface area (Å²) in [5.74, 6) is 0.0468. The van der Waals surface area contributed by atoms with Gasteiger partial charge in [-0.25, -0.2) is 0 Å². The Morgan fingerprint density at radius 3 is 3.00 bits per heavy atom. The first kappa shape index (κ1) is 9.64. The second-order valence-corrected chi connectivity index (χ2v) is 3.31. The van der Waals surface area contributed by atoms with Gasteiger partial charge in [0.2, 0.25) is 0 Å². The number of hydrogen-bond acceptors (Lipinski definition) is 4. The molecule has 2 N–H and O–H groups in total. The summed E-state index contributed by atoms with van der Waals surface area (Å²) in [6, 6.07) is 0. The van der Waals surface area contributed by atoms with E-state index in [1.165, 1.54) is 7.11 Å². The van der Waals surface area contributed by atoms with Crippen LogP contribution in [0.2, 0.25) is 0 Å². The van der Waals surface area contributed by atoms with Crippen molar-refractivity contribution < 1.29 is 14.3 Å². The lowest BCUT2D eigenvalue weighted by Gasteiger charge is -2.19. The fourth-order valence-electron chi connectivity index (χ4n) is 1.37. The van der Waals surface area contributed by atoms with Crippen LogP contribution in [0.3, 0.4) is 0 Å². The summed E-state index contributed by atoms with van der Waals surface area (Å²) in [4.78, 5) is 11.1. The minimum Gasteiger partial charge on any atom is -0.379 e. The van der Waals surface area contributed by atoms with Crippen molar-refractivity contribution in [1.82, 2.24) is 0 Å². The largest absolute Gasteiger partial charge is 0.379 e. The predicted molar refractivity (Wildman–Crippen MR) is 43.9 cm³/mol. The Morgan fingerprint density at radius 2 is 2.50 bits per heavy atom. The van der Waals surface area contributed by atoms with Gasteiger partial charge in [0.15, 0.2) is 5.78 Å². The zero-order valence-corrected chi connectivity index (χ0v) is 7.34. The maximum atomic E-state index is 11.1. The van der Waals surface area contributed by atoms with E-state index in [9.17, 15) is 4.79 Å². The van der Waals surface area contributed by atoms with Crippen LogP contribution < -0.4 is 5.73 Å². The van der Waals surface area contributed by atoms with E-state index in [1.807, 2.05) is 0 Å². The van der Waals surface area contributed by atoms with Gasteiger partial charge in [-0.3, -0.25) is 4.79 Å². The van der Waals surface area contributed by atoms with Gasteiger partial charge in [0, 0.05) is 25.7 Å². The summed E-state index contributed by atoms with van der Waals surface area (Å²) in [7, 11) is 1.51. The van der Waals surface area contributed by atoms with Crippen molar-refractivity contribution >= 4 is 5.78 Å². The van der Waals surface area contributed by atoms with Gasteiger partial charge in [0.25, 0.3) is 0 Å². The predicted octanol–water partition coefficient (Wildman–Crippen LogP) is -0.290. The number of carbonyl (C=O) groups excluding carboxylic acids is 1. The monoisotopic (exact) mass is 173 g/mol. The molecule has 0 amide bonds. The van der Waals surface area contributed by atoms with Crippen LogP contribution in [-0.4, -0.2) is 38.3 Å². The van der Waals surface area contributed by atoms with Gasteiger partial charge in [-0.1, -0.05) is 0 Å². The molecule has 1 atom stereocenters. The summed E-state index contributed by atoms with van der Waals surface area (Å²) in [6.45, 7) is 1.30. The van der Waals surface area contributed by atoms with Crippen molar-refractivity contribution in [3.63, 3.8) is 0 Å². The first-order valence-corrected chi connectivity index (χ1v) is 4.03. The van der Waals surface area contributed by atoms with Crippen LogP contribution in [0.25, 0.3) is 0 Å². The van der Waals surface area contributed by atoms with E-state index in [0.717, 1.165) is 6.42 Å². The molecule has 0 aromatic heterocycles. The molecule has 0 saturated carbocycles. The molecule has 1 aliphatic rings. The number of nitrogens with two attached hydrogens (primary N) is 1. The summed E-state index contributed by atoms with van der Waals surface area (Å²) < 4.78 is 9.83. The van der Waals surface area contributed by atoms with E-state index in [4.69, 9.17) is 15.2 Å². The van der Waals surface area contributed by atoms with E-state index >= 15 is 0 Å². The van der Waals surface area contributed by atoms with Crippen LogP contribution in [0.4, 0.5) is 0 Å². The zero-order valence-electron chi connectivity index (χ0n) is 7.34. The van der Waals surface area contributed by atoms with Crippen molar-refractivity contribution in [3.8, 4) is 0 Å². The topological polar surface area (TPSA) is 61.5 Å². The molecule has 1 heterocycles. The first-order valence-electron chi connectivity index (χ1n) is 4.03. The Hall–Kier alpha value is -0.450. The fourth-order valence-corrected chi connectivity index (χ4v) is 1.37. The van der Waals surface area contributed by atoms with Gasteiger partial charge in [0.05, 0.1) is 6.61 Å². The summed E-state index contributed by atoms with van der Waals surface area (Å²) in [6.07, 6.45) is 1.13. The van der Waals surface area contributed by atoms with Crippen LogP contribution in [0.5, 0.6) is 0 Å². The molecule has 0 radical (unpaired) electrons. The van der Waals surface area contributed by atoms with Crippen LogP contribution in [0, 0.1) is 0 Å². The molecule has 4 nitrogen and oxygen atoms in total. The SMILES string of the molecule is COCC(=O)CC1(N)CCOC1. The van der Waals surface area contributed by atoms with Crippen molar-refractivity contribution in [2.24, 2.45) is 5.73 Å². The molecule has 1 fully saturated rings. The van der Waals surface area contributed by atoms with E-state index in [-0.39, 0.29) is 12.4 Å². The second-order valence-electron chi connectivity index (χ2n) is 3.31. The van der Waals surface area contributed by atoms with Crippen LogP contribution in [0.1, 0.15) is 12.8 Å². The van der Waals surface area contributed by atoms with E-state index in [2.05, 4.69) is 0 Å². The highest BCUT2D eigenvalue weighted by Crippen LogP contribution is 2.19. The Balaban J connectivity index is 2.33. The Kier molecular flexibility index (Phi) is 3.20. The van der Waals surface area contributed by atoms with Crippen LogP contribution in [0.15, 0.2) is 0 Å². The Morgan fingerprint density at radius 1 is 1.75 bits per heavy atom. The van der Waals surface area contributed by atoms with Gasteiger partial charge in [-0.2, -0.15) is 0 Å². The lowest BCUT2D eigenvalue weighted by atomic mass is 9.94. The molecule has 0 aromatic rings. The highest BCUT2D eigenvalue weighted by Gasteiger charge is 2.32. The molecular formula is C8H15NO3. The maximum absolute atomic E-state index is 11.1. The molecule has 0 bridgehead atoms. The number of ether oxygens (including phenoxy) is 2.